The van der Waals surface area contributed by atoms with Gasteiger partial charge in [0.25, 0.3) is 0 Å². The first-order chi connectivity index (χ1) is 6.45. The smallest absolute Gasteiger partial charge is 0 e. The van der Waals surface area contributed by atoms with Gasteiger partial charge >= 0.3 is 0 Å². The van der Waals surface area contributed by atoms with Gasteiger partial charge in [-0.05, 0) is 6.42 Å². The van der Waals surface area contributed by atoms with E-state index >= 15 is 0 Å². The molecule has 0 N–H and O–H groups in total. The van der Waals surface area contributed by atoms with Gasteiger partial charge < -0.3 is 0 Å². The van der Waals surface area contributed by atoms with E-state index in [9.17, 15) is 0 Å². The molecule has 0 radical (unpaired) electrons. The van der Waals surface area contributed by atoms with Crippen LogP contribution in [0.25, 0.3) is 0 Å². The molecule has 0 aliphatic rings. The summed E-state index contributed by atoms with van der Waals surface area (Å²) in [6, 6.07) is 22.5. The summed E-state index contributed by atoms with van der Waals surface area (Å²) >= 11 is 0. The van der Waals surface area contributed by atoms with Gasteiger partial charge in [0, 0.05) is 42.1 Å². The van der Waals surface area contributed by atoms with Crippen LogP contribution in [0.5, 0.6) is 0 Å². The van der Waals surface area contributed by atoms with Gasteiger partial charge in [0.15, 0.2) is 0 Å². The van der Waals surface area contributed by atoms with Gasteiger partial charge in [-0.1, -0.05) is 0 Å². The molecule has 0 heterocycles. The first kappa shape index (κ1) is 14.8. The zero-order chi connectivity index (χ0) is 8.93. The average Bonchev–Trinajstić information content (AvgIpc) is 2.21. The Morgan fingerprint density at radius 1 is 0.733 bits per heavy atom. The van der Waals surface area contributed by atoms with Crippen LogP contribution >= 0.6 is 0 Å². The van der Waals surface area contributed by atoms with Gasteiger partial charge in [0.05, 0.1) is 0 Å². The largest absolute Gasteiger partial charge is 0.180 e. The fourth-order valence-electron chi connectivity index (χ4n) is 1.29. The van der Waals surface area contributed by atoms with Crippen LogP contribution < -0.4 is 0 Å². The standard InChI is InChI=1S/C13H10.2W/c1-3-7-12(8-4-1)11-13-9-5-2-6-10-13;;/h1-7,9H,11H2;;/q-2;;. The van der Waals surface area contributed by atoms with Crippen LogP contribution in [0.3, 0.4) is 0 Å². The molecule has 0 atom stereocenters. The Bertz CT molecular complexity index is 319. The second-order valence-electron chi connectivity index (χ2n) is 2.95. The summed E-state index contributed by atoms with van der Waals surface area (Å²) in [7, 11) is 0. The summed E-state index contributed by atoms with van der Waals surface area (Å²) < 4.78 is 0. The molecular formula is C13H10W2-2. The Morgan fingerprint density at radius 2 is 1.20 bits per heavy atom. The maximum atomic E-state index is 3.20. The van der Waals surface area contributed by atoms with E-state index in [0.29, 0.717) is 0 Å². The van der Waals surface area contributed by atoms with Gasteiger partial charge in [-0.15, -0.1) is 0 Å². The fraction of sp³-hybridized carbons (Fsp3) is 0.0769. The van der Waals surface area contributed by atoms with Crippen LogP contribution in [0, 0.1) is 12.1 Å². The van der Waals surface area contributed by atoms with Crippen LogP contribution in [0.2, 0.25) is 0 Å². The topological polar surface area (TPSA) is 0 Å². The molecule has 2 rings (SSSR count). The van der Waals surface area contributed by atoms with Crippen LogP contribution in [0.15, 0.2) is 48.5 Å². The van der Waals surface area contributed by atoms with Crippen LogP contribution in [-0.4, -0.2) is 0 Å². The van der Waals surface area contributed by atoms with E-state index in [1.54, 1.807) is 0 Å². The van der Waals surface area contributed by atoms with E-state index in [1.165, 1.54) is 11.1 Å². The fourth-order valence-corrected chi connectivity index (χ4v) is 1.29. The minimum Gasteiger partial charge on any atom is -0.180 e. The molecule has 0 aliphatic heterocycles. The maximum absolute atomic E-state index is 3.20. The molecule has 0 saturated carbocycles. The van der Waals surface area contributed by atoms with Crippen molar-refractivity contribution in [1.82, 2.24) is 0 Å². The Morgan fingerprint density at radius 3 is 1.53 bits per heavy atom. The summed E-state index contributed by atoms with van der Waals surface area (Å²) in [5.74, 6) is 0. The van der Waals surface area contributed by atoms with Crippen molar-refractivity contribution in [2.75, 3.05) is 0 Å². The Hall–Kier alpha value is -0.183. The zero-order valence-corrected chi connectivity index (χ0v) is 14.0. The van der Waals surface area contributed by atoms with Crippen molar-refractivity contribution >= 4 is 0 Å². The molecule has 15 heavy (non-hydrogen) atoms. The van der Waals surface area contributed by atoms with Crippen molar-refractivity contribution in [2.24, 2.45) is 0 Å². The summed E-state index contributed by atoms with van der Waals surface area (Å²) in [5.41, 5.74) is 2.43. The molecule has 0 unspecified atom stereocenters. The molecule has 0 nitrogen and oxygen atoms in total. The van der Waals surface area contributed by atoms with E-state index in [2.05, 4.69) is 24.3 Å². The summed E-state index contributed by atoms with van der Waals surface area (Å²) in [6.07, 6.45) is 0.918. The van der Waals surface area contributed by atoms with E-state index in [-0.39, 0.29) is 42.1 Å². The molecule has 76 valence electrons. The quantitative estimate of drug-likeness (QED) is 0.521. The molecule has 0 amide bonds. The Labute approximate surface area is 120 Å². The van der Waals surface area contributed by atoms with E-state index < -0.39 is 0 Å². The second-order valence-corrected chi connectivity index (χ2v) is 2.95. The van der Waals surface area contributed by atoms with E-state index in [0.717, 1.165) is 6.42 Å². The van der Waals surface area contributed by atoms with E-state index in [1.807, 2.05) is 36.4 Å². The predicted octanol–water partition coefficient (Wildman–Crippen LogP) is 2.87. The van der Waals surface area contributed by atoms with E-state index in [4.69, 9.17) is 0 Å². The normalized spacial score (nSPS) is 8.53. The van der Waals surface area contributed by atoms with Crippen molar-refractivity contribution in [2.45, 2.75) is 6.42 Å². The SMILES string of the molecule is [W].[W].[c-]1ccccc1Cc1[c-]cccc1. The molecule has 0 fully saturated rings. The molecule has 2 heteroatoms. The summed E-state index contributed by atoms with van der Waals surface area (Å²) in [5, 5.41) is 0. The molecule has 0 saturated heterocycles. The van der Waals surface area contributed by atoms with Gasteiger partial charge in [-0.2, -0.15) is 71.8 Å². The Kier molecular flexibility index (Phi) is 7.93. The third kappa shape index (κ3) is 4.91. The average molecular weight is 534 g/mol. The number of benzene rings is 2. The maximum Gasteiger partial charge on any atom is 0 e. The number of hydrogen-bond donors (Lipinski definition) is 0. The third-order valence-electron chi connectivity index (χ3n) is 1.93. The van der Waals surface area contributed by atoms with Crippen molar-refractivity contribution in [3.8, 4) is 0 Å². The minimum absolute atomic E-state index is 0. The van der Waals surface area contributed by atoms with Gasteiger partial charge in [0.1, 0.15) is 0 Å². The molecule has 0 bridgehead atoms. The summed E-state index contributed by atoms with van der Waals surface area (Å²) in [6.45, 7) is 0. The predicted molar refractivity (Wildman–Crippen MR) is 53.4 cm³/mol. The first-order valence-corrected chi connectivity index (χ1v) is 4.36. The minimum atomic E-state index is 0. The molecule has 2 aromatic rings. The second kappa shape index (κ2) is 8.03. The third-order valence-corrected chi connectivity index (χ3v) is 1.93. The van der Waals surface area contributed by atoms with Gasteiger partial charge in [-0.25, -0.2) is 0 Å². The molecule has 2 aromatic carbocycles. The van der Waals surface area contributed by atoms with Crippen molar-refractivity contribution < 1.29 is 42.1 Å². The van der Waals surface area contributed by atoms with Crippen LogP contribution in [0.4, 0.5) is 0 Å². The Balaban J connectivity index is 0.000000980. The van der Waals surface area contributed by atoms with Gasteiger partial charge in [0.2, 0.25) is 0 Å². The first-order valence-electron chi connectivity index (χ1n) is 4.36. The van der Waals surface area contributed by atoms with Crippen LogP contribution in [0.1, 0.15) is 11.1 Å². The van der Waals surface area contributed by atoms with Crippen LogP contribution in [-0.2, 0) is 48.6 Å². The van der Waals surface area contributed by atoms with Gasteiger partial charge in [-0.3, -0.25) is 0 Å². The van der Waals surface area contributed by atoms with Crippen molar-refractivity contribution in [3.63, 3.8) is 0 Å². The number of rotatable bonds is 2. The van der Waals surface area contributed by atoms with Crippen molar-refractivity contribution in [1.29, 1.82) is 0 Å². The zero-order valence-electron chi connectivity index (χ0n) is 8.14. The summed E-state index contributed by atoms with van der Waals surface area (Å²) in [4.78, 5) is 0. The molecular weight excluding hydrogens is 524 g/mol. The molecule has 0 aliphatic carbocycles. The number of hydrogen-bond acceptors (Lipinski definition) is 0. The van der Waals surface area contributed by atoms with Crippen molar-refractivity contribution in [3.05, 3.63) is 71.8 Å². The monoisotopic (exact) mass is 534 g/mol. The molecule has 0 aromatic heterocycles. The molecule has 0 spiro atoms.